The van der Waals surface area contributed by atoms with Crippen molar-refractivity contribution in [3.05, 3.63) is 47.0 Å². The second-order valence-electron chi connectivity index (χ2n) is 6.70. The van der Waals surface area contributed by atoms with E-state index in [2.05, 4.69) is 44.2 Å². The van der Waals surface area contributed by atoms with E-state index in [4.69, 9.17) is 0 Å². The van der Waals surface area contributed by atoms with Crippen LogP contribution in [-0.4, -0.2) is 0 Å². The Balaban J connectivity index is 1.80. The van der Waals surface area contributed by atoms with Crippen LogP contribution in [0.25, 0.3) is 0 Å². The van der Waals surface area contributed by atoms with Gasteiger partial charge in [-0.1, -0.05) is 49.8 Å². The summed E-state index contributed by atoms with van der Waals surface area (Å²) in [6, 6.07) is 9.08. The van der Waals surface area contributed by atoms with Crippen molar-refractivity contribution in [3.8, 4) is 0 Å². The Bertz CT molecular complexity index is 507. The van der Waals surface area contributed by atoms with Gasteiger partial charge in [0.2, 0.25) is 0 Å². The number of hydrogen-bond donors (Lipinski definition) is 0. The molecule has 4 aliphatic carbocycles. The summed E-state index contributed by atoms with van der Waals surface area (Å²) in [6.07, 6.45) is 6.57. The third-order valence-electron chi connectivity index (χ3n) is 5.78. The summed E-state index contributed by atoms with van der Waals surface area (Å²) < 4.78 is 0. The summed E-state index contributed by atoms with van der Waals surface area (Å²) in [4.78, 5) is 0. The second kappa shape index (κ2) is 3.04. The maximum absolute atomic E-state index is 2.55. The Morgan fingerprint density at radius 3 is 2.76 bits per heavy atom. The van der Waals surface area contributed by atoms with Crippen LogP contribution in [0.2, 0.25) is 0 Å². The zero-order valence-corrected chi connectivity index (χ0v) is 10.7. The monoisotopic (exact) mass is 224 g/mol. The van der Waals surface area contributed by atoms with Crippen LogP contribution in [0.15, 0.2) is 35.9 Å². The van der Waals surface area contributed by atoms with E-state index in [1.54, 1.807) is 16.7 Å². The molecule has 3 atom stereocenters. The summed E-state index contributed by atoms with van der Waals surface area (Å²) in [5, 5.41) is 0. The van der Waals surface area contributed by atoms with E-state index in [0.717, 1.165) is 17.8 Å². The van der Waals surface area contributed by atoms with Crippen molar-refractivity contribution in [1.29, 1.82) is 0 Å². The smallest absolute Gasteiger partial charge is 0.00569 e. The predicted molar refractivity (Wildman–Crippen MR) is 71.0 cm³/mol. The van der Waals surface area contributed by atoms with Crippen LogP contribution >= 0.6 is 0 Å². The van der Waals surface area contributed by atoms with Gasteiger partial charge < -0.3 is 0 Å². The van der Waals surface area contributed by atoms with Crippen molar-refractivity contribution < 1.29 is 0 Å². The molecule has 0 heteroatoms. The molecular formula is C17H20. The maximum Gasteiger partial charge on any atom is 0.00569 e. The molecule has 0 saturated heterocycles. The molecule has 0 nitrogen and oxygen atoms in total. The van der Waals surface area contributed by atoms with Gasteiger partial charge in [-0.05, 0) is 47.6 Å². The molecule has 4 aliphatic rings. The minimum atomic E-state index is 0.578. The molecule has 0 amide bonds. The lowest BCUT2D eigenvalue weighted by Crippen LogP contribution is -2.51. The molecular weight excluding hydrogens is 204 g/mol. The van der Waals surface area contributed by atoms with Crippen LogP contribution in [0.5, 0.6) is 0 Å². The highest BCUT2D eigenvalue weighted by molar-refractivity contribution is 5.45. The minimum Gasteiger partial charge on any atom is -0.0800 e. The highest BCUT2D eigenvalue weighted by Crippen LogP contribution is 2.65. The largest absolute Gasteiger partial charge is 0.0800 e. The minimum absolute atomic E-state index is 0.578. The average molecular weight is 224 g/mol. The van der Waals surface area contributed by atoms with E-state index in [1.807, 2.05) is 0 Å². The summed E-state index contributed by atoms with van der Waals surface area (Å²) >= 11 is 0. The van der Waals surface area contributed by atoms with Crippen LogP contribution in [0.4, 0.5) is 0 Å². The molecule has 0 unspecified atom stereocenters. The number of allylic oxidation sites excluding steroid dienone is 2. The summed E-state index contributed by atoms with van der Waals surface area (Å²) in [6.45, 7) is 4.95. The Kier molecular flexibility index (Phi) is 1.78. The van der Waals surface area contributed by atoms with Crippen LogP contribution in [-0.2, 0) is 6.42 Å². The van der Waals surface area contributed by atoms with Crippen molar-refractivity contribution in [2.75, 3.05) is 0 Å². The highest BCUT2D eigenvalue weighted by atomic mass is 14.6. The molecule has 5 rings (SSSR count). The van der Waals surface area contributed by atoms with E-state index in [0.29, 0.717) is 5.41 Å². The first-order valence-electron chi connectivity index (χ1n) is 6.95. The Labute approximate surface area is 104 Å². The topological polar surface area (TPSA) is 0 Å². The standard InChI is InChI=1S/C17H20/c1-17(2)12-9-15-13-6-4-3-5-11(13)7-8-14(15)16(17)10-12/h3-6,8,12,15-16H,7,9-10H2,1-2H3/t12-,15-,16-/m0/s1. The zero-order valence-electron chi connectivity index (χ0n) is 10.7. The van der Waals surface area contributed by atoms with Gasteiger partial charge in [-0.3, -0.25) is 0 Å². The van der Waals surface area contributed by atoms with Gasteiger partial charge in [-0.25, -0.2) is 0 Å². The average Bonchev–Trinajstić information content (AvgIpc) is 2.37. The molecule has 1 aromatic carbocycles. The predicted octanol–water partition coefficient (Wildman–Crippen LogP) is 4.32. The fourth-order valence-electron chi connectivity index (χ4n) is 4.52. The molecule has 3 saturated carbocycles. The summed E-state index contributed by atoms with van der Waals surface area (Å²) in [7, 11) is 0. The van der Waals surface area contributed by atoms with Crippen molar-refractivity contribution >= 4 is 0 Å². The first-order chi connectivity index (χ1) is 8.18. The van der Waals surface area contributed by atoms with Gasteiger partial charge >= 0.3 is 0 Å². The van der Waals surface area contributed by atoms with Crippen LogP contribution in [0.3, 0.4) is 0 Å². The van der Waals surface area contributed by atoms with Crippen molar-refractivity contribution in [1.82, 2.24) is 0 Å². The molecule has 0 aromatic heterocycles. The van der Waals surface area contributed by atoms with Crippen molar-refractivity contribution in [3.63, 3.8) is 0 Å². The number of fused-ring (bicyclic) bond motifs is 1. The Morgan fingerprint density at radius 2 is 1.94 bits per heavy atom. The van der Waals surface area contributed by atoms with Gasteiger partial charge in [-0.2, -0.15) is 0 Å². The lowest BCUT2D eigenvalue weighted by molar-refractivity contribution is -0.0361. The van der Waals surface area contributed by atoms with E-state index >= 15 is 0 Å². The molecule has 0 radical (unpaired) electrons. The highest BCUT2D eigenvalue weighted by Gasteiger charge is 2.55. The molecule has 2 bridgehead atoms. The molecule has 0 heterocycles. The van der Waals surface area contributed by atoms with Gasteiger partial charge in [0.25, 0.3) is 0 Å². The quantitative estimate of drug-likeness (QED) is 0.576. The van der Waals surface area contributed by atoms with Gasteiger partial charge in [-0.15, -0.1) is 0 Å². The first-order valence-corrected chi connectivity index (χ1v) is 6.95. The maximum atomic E-state index is 2.55. The van der Waals surface area contributed by atoms with Crippen molar-refractivity contribution in [2.45, 2.75) is 39.0 Å². The van der Waals surface area contributed by atoms with E-state index in [-0.39, 0.29) is 0 Å². The third-order valence-corrected chi connectivity index (χ3v) is 5.78. The van der Waals surface area contributed by atoms with Gasteiger partial charge in [0.1, 0.15) is 0 Å². The van der Waals surface area contributed by atoms with Gasteiger partial charge in [0.15, 0.2) is 0 Å². The van der Waals surface area contributed by atoms with E-state index in [1.165, 1.54) is 19.3 Å². The van der Waals surface area contributed by atoms with Crippen LogP contribution in [0.1, 0.15) is 43.7 Å². The van der Waals surface area contributed by atoms with Crippen molar-refractivity contribution in [2.24, 2.45) is 17.3 Å². The number of rotatable bonds is 0. The SMILES string of the molecule is CC1(C)[C@H]2C[C@@H]3C(=CCc4ccccc43)[C@@H]1C2. The Hall–Kier alpha value is -1.04. The first kappa shape index (κ1) is 9.94. The zero-order chi connectivity index (χ0) is 11.6. The van der Waals surface area contributed by atoms with E-state index < -0.39 is 0 Å². The molecule has 0 spiro atoms. The summed E-state index contributed by atoms with van der Waals surface area (Å²) in [5.41, 5.74) is 5.56. The van der Waals surface area contributed by atoms with E-state index in [9.17, 15) is 0 Å². The molecule has 88 valence electrons. The fraction of sp³-hybridized carbons (Fsp3) is 0.529. The number of hydrogen-bond acceptors (Lipinski definition) is 0. The lowest BCUT2D eigenvalue weighted by atomic mass is 9.44. The second-order valence-corrected chi connectivity index (χ2v) is 6.70. The number of benzene rings is 1. The molecule has 0 N–H and O–H groups in total. The molecule has 1 aromatic rings. The lowest BCUT2D eigenvalue weighted by Gasteiger charge is -2.61. The Morgan fingerprint density at radius 1 is 1.12 bits per heavy atom. The van der Waals surface area contributed by atoms with Gasteiger partial charge in [0.05, 0.1) is 0 Å². The van der Waals surface area contributed by atoms with Gasteiger partial charge in [0, 0.05) is 5.92 Å². The third kappa shape index (κ3) is 1.14. The van der Waals surface area contributed by atoms with Crippen LogP contribution < -0.4 is 0 Å². The van der Waals surface area contributed by atoms with Crippen LogP contribution in [0, 0.1) is 17.3 Å². The molecule has 0 aliphatic heterocycles. The fourth-order valence-corrected chi connectivity index (χ4v) is 4.52. The molecule has 17 heavy (non-hydrogen) atoms. The summed E-state index contributed by atoms with van der Waals surface area (Å²) in [5.74, 6) is 2.59. The molecule has 3 fully saturated rings. The normalized spacial score (nSPS) is 36.4.